The third-order valence-electron chi connectivity index (χ3n) is 2.99. The lowest BCUT2D eigenvalue weighted by Crippen LogP contribution is -2.16. The molecule has 1 heterocycles. The van der Waals surface area contributed by atoms with Gasteiger partial charge < -0.3 is 11.1 Å². The Hall–Kier alpha value is -1.18. The van der Waals surface area contributed by atoms with Gasteiger partial charge in [0.25, 0.3) is 0 Å². The number of benzene rings is 1. The van der Waals surface area contributed by atoms with E-state index in [1.807, 2.05) is 6.07 Å². The molecule has 14 heavy (non-hydrogen) atoms. The van der Waals surface area contributed by atoms with E-state index in [0.29, 0.717) is 6.04 Å². The summed E-state index contributed by atoms with van der Waals surface area (Å²) in [6.45, 7) is 2.23. The van der Waals surface area contributed by atoms with E-state index < -0.39 is 0 Å². The lowest BCUT2D eigenvalue weighted by atomic mass is 10.1. The third-order valence-corrected chi connectivity index (χ3v) is 2.99. The Bertz CT molecular complexity index is 320. The van der Waals surface area contributed by atoms with E-state index in [-0.39, 0.29) is 0 Å². The van der Waals surface area contributed by atoms with Gasteiger partial charge in [0.2, 0.25) is 0 Å². The van der Waals surface area contributed by atoms with Crippen molar-refractivity contribution in [3.63, 3.8) is 0 Å². The van der Waals surface area contributed by atoms with E-state index >= 15 is 0 Å². The summed E-state index contributed by atoms with van der Waals surface area (Å²) in [5.74, 6) is 0. The Morgan fingerprint density at radius 1 is 1.50 bits per heavy atom. The number of hydrogen-bond donors (Lipinski definition) is 2. The number of nitrogen functional groups attached to an aromatic ring is 1. The van der Waals surface area contributed by atoms with Gasteiger partial charge in [-0.2, -0.15) is 0 Å². The Labute approximate surface area is 85.5 Å². The quantitative estimate of drug-likeness (QED) is 0.668. The van der Waals surface area contributed by atoms with E-state index in [1.54, 1.807) is 0 Å². The van der Waals surface area contributed by atoms with Crippen LogP contribution in [0.25, 0.3) is 0 Å². The number of nitrogens with one attached hydrogen (secondary N) is 1. The van der Waals surface area contributed by atoms with Gasteiger partial charge in [0, 0.05) is 17.4 Å². The number of anilines is 2. The Kier molecular flexibility index (Phi) is 2.62. The first kappa shape index (κ1) is 9.38. The van der Waals surface area contributed by atoms with E-state index in [0.717, 1.165) is 5.69 Å². The van der Waals surface area contributed by atoms with Crippen molar-refractivity contribution < 1.29 is 0 Å². The normalized spacial score (nSPS) is 20.8. The molecule has 0 fully saturated rings. The van der Waals surface area contributed by atoms with Gasteiger partial charge in [-0.1, -0.05) is 13.0 Å². The SMILES string of the molecule is CCC1CCCc2ccc(N)cc2N1. The Balaban J connectivity index is 2.28. The molecule has 0 spiro atoms. The molecule has 0 bridgehead atoms. The number of nitrogens with two attached hydrogens (primary N) is 1. The summed E-state index contributed by atoms with van der Waals surface area (Å²) in [5.41, 5.74) is 9.29. The second kappa shape index (κ2) is 3.91. The van der Waals surface area contributed by atoms with E-state index in [1.165, 1.54) is 36.9 Å². The molecule has 0 aliphatic carbocycles. The Morgan fingerprint density at radius 3 is 3.14 bits per heavy atom. The van der Waals surface area contributed by atoms with Crippen LogP contribution in [0.2, 0.25) is 0 Å². The van der Waals surface area contributed by atoms with Crippen LogP contribution in [0.3, 0.4) is 0 Å². The summed E-state index contributed by atoms with van der Waals surface area (Å²) in [6, 6.07) is 6.82. The summed E-state index contributed by atoms with van der Waals surface area (Å²) in [7, 11) is 0. The zero-order valence-electron chi connectivity index (χ0n) is 8.72. The fraction of sp³-hybridized carbons (Fsp3) is 0.500. The molecule has 1 aliphatic rings. The Morgan fingerprint density at radius 2 is 2.36 bits per heavy atom. The van der Waals surface area contributed by atoms with Gasteiger partial charge in [0.1, 0.15) is 0 Å². The molecule has 0 aromatic heterocycles. The zero-order valence-corrected chi connectivity index (χ0v) is 8.72. The predicted molar refractivity (Wildman–Crippen MR) is 61.5 cm³/mol. The molecule has 2 rings (SSSR count). The van der Waals surface area contributed by atoms with E-state index in [2.05, 4.69) is 24.4 Å². The standard InChI is InChI=1S/C12H18N2/c1-2-11-5-3-4-9-6-7-10(13)8-12(9)14-11/h6-8,11,14H,2-5,13H2,1H3. The van der Waals surface area contributed by atoms with Crippen molar-refractivity contribution >= 4 is 11.4 Å². The monoisotopic (exact) mass is 190 g/mol. The van der Waals surface area contributed by atoms with Gasteiger partial charge in [-0.15, -0.1) is 0 Å². The fourth-order valence-electron chi connectivity index (χ4n) is 2.08. The molecule has 0 amide bonds. The lowest BCUT2D eigenvalue weighted by Gasteiger charge is -2.16. The molecule has 0 radical (unpaired) electrons. The lowest BCUT2D eigenvalue weighted by molar-refractivity contribution is 0.615. The summed E-state index contributed by atoms with van der Waals surface area (Å²) < 4.78 is 0. The molecule has 1 aromatic carbocycles. The first-order valence-electron chi connectivity index (χ1n) is 5.44. The van der Waals surface area contributed by atoms with Crippen LogP contribution in [0.15, 0.2) is 18.2 Å². The summed E-state index contributed by atoms with van der Waals surface area (Å²) in [6.07, 6.45) is 4.92. The highest BCUT2D eigenvalue weighted by Gasteiger charge is 2.13. The average Bonchev–Trinajstić information content (AvgIpc) is 2.38. The smallest absolute Gasteiger partial charge is 0.0395 e. The van der Waals surface area contributed by atoms with Crippen molar-refractivity contribution in [2.45, 2.75) is 38.6 Å². The van der Waals surface area contributed by atoms with Crippen molar-refractivity contribution in [1.29, 1.82) is 0 Å². The highest BCUT2D eigenvalue weighted by atomic mass is 14.9. The van der Waals surface area contributed by atoms with Crippen LogP contribution < -0.4 is 11.1 Å². The minimum Gasteiger partial charge on any atom is -0.399 e. The largest absolute Gasteiger partial charge is 0.399 e. The maximum absolute atomic E-state index is 5.78. The van der Waals surface area contributed by atoms with Crippen LogP contribution in [-0.2, 0) is 6.42 Å². The highest BCUT2D eigenvalue weighted by Crippen LogP contribution is 2.26. The van der Waals surface area contributed by atoms with Crippen LogP contribution in [0.1, 0.15) is 31.7 Å². The maximum Gasteiger partial charge on any atom is 0.0395 e. The highest BCUT2D eigenvalue weighted by molar-refractivity contribution is 5.60. The zero-order chi connectivity index (χ0) is 9.97. The maximum atomic E-state index is 5.78. The van der Waals surface area contributed by atoms with Crippen molar-refractivity contribution in [3.8, 4) is 0 Å². The minimum atomic E-state index is 0.623. The topological polar surface area (TPSA) is 38.0 Å². The molecule has 1 aliphatic heterocycles. The molecule has 3 N–H and O–H groups in total. The van der Waals surface area contributed by atoms with Crippen molar-refractivity contribution in [2.75, 3.05) is 11.1 Å². The molecule has 0 saturated carbocycles. The number of hydrogen-bond acceptors (Lipinski definition) is 2. The van der Waals surface area contributed by atoms with Gasteiger partial charge in [-0.05, 0) is 43.4 Å². The van der Waals surface area contributed by atoms with Crippen molar-refractivity contribution in [1.82, 2.24) is 0 Å². The molecule has 76 valence electrons. The minimum absolute atomic E-state index is 0.623. The fourth-order valence-corrected chi connectivity index (χ4v) is 2.08. The van der Waals surface area contributed by atoms with Crippen LogP contribution in [0.4, 0.5) is 11.4 Å². The summed E-state index contributed by atoms with van der Waals surface area (Å²) in [5, 5.41) is 3.57. The molecule has 2 heteroatoms. The molecule has 1 aromatic rings. The van der Waals surface area contributed by atoms with E-state index in [9.17, 15) is 0 Å². The van der Waals surface area contributed by atoms with Crippen molar-refractivity contribution in [2.24, 2.45) is 0 Å². The van der Waals surface area contributed by atoms with Crippen LogP contribution in [0, 0.1) is 0 Å². The molecular weight excluding hydrogens is 172 g/mol. The summed E-state index contributed by atoms with van der Waals surface area (Å²) >= 11 is 0. The number of rotatable bonds is 1. The number of fused-ring (bicyclic) bond motifs is 1. The van der Waals surface area contributed by atoms with Gasteiger partial charge >= 0.3 is 0 Å². The van der Waals surface area contributed by atoms with Gasteiger partial charge in [0.05, 0.1) is 0 Å². The third kappa shape index (κ3) is 1.84. The first-order chi connectivity index (χ1) is 6.79. The van der Waals surface area contributed by atoms with Crippen LogP contribution in [-0.4, -0.2) is 6.04 Å². The molecule has 2 nitrogen and oxygen atoms in total. The van der Waals surface area contributed by atoms with Gasteiger partial charge in [0.15, 0.2) is 0 Å². The molecular formula is C12H18N2. The van der Waals surface area contributed by atoms with Crippen LogP contribution >= 0.6 is 0 Å². The van der Waals surface area contributed by atoms with E-state index in [4.69, 9.17) is 5.73 Å². The molecule has 0 saturated heterocycles. The number of aryl methyl sites for hydroxylation is 1. The van der Waals surface area contributed by atoms with Crippen molar-refractivity contribution in [3.05, 3.63) is 23.8 Å². The summed E-state index contributed by atoms with van der Waals surface area (Å²) in [4.78, 5) is 0. The van der Waals surface area contributed by atoms with Gasteiger partial charge in [-0.25, -0.2) is 0 Å². The molecule has 1 atom stereocenters. The predicted octanol–water partition coefficient (Wildman–Crippen LogP) is 2.80. The second-order valence-corrected chi connectivity index (χ2v) is 4.06. The molecule has 1 unspecified atom stereocenters. The second-order valence-electron chi connectivity index (χ2n) is 4.06. The average molecular weight is 190 g/mol. The first-order valence-corrected chi connectivity index (χ1v) is 5.44. The van der Waals surface area contributed by atoms with Crippen LogP contribution in [0.5, 0.6) is 0 Å². The van der Waals surface area contributed by atoms with Gasteiger partial charge in [-0.3, -0.25) is 0 Å².